The molecular weight excluding hydrogens is 266 g/mol. The Bertz CT molecular complexity index is 537. The van der Waals surface area contributed by atoms with Gasteiger partial charge in [-0.25, -0.2) is 0 Å². The number of methoxy groups -OCH3 is 2. The first-order valence-electron chi connectivity index (χ1n) is 7.26. The van der Waals surface area contributed by atoms with E-state index in [2.05, 4.69) is 18.3 Å². The maximum atomic E-state index is 5.37. The first kappa shape index (κ1) is 15.4. The molecule has 1 unspecified atom stereocenters. The Labute approximate surface area is 126 Å². The number of rotatable bonds is 8. The standard InChI is InChI=1S/C17H23NO3/c1-4-15(18-10-9-14-6-5-11-21-14)13-7-8-16(19-2)17(12-13)20-3/h5-8,11-12,15,18H,4,9-10H2,1-3H3. The summed E-state index contributed by atoms with van der Waals surface area (Å²) in [7, 11) is 3.31. The molecule has 2 rings (SSSR count). The Morgan fingerprint density at radius 3 is 2.57 bits per heavy atom. The van der Waals surface area contributed by atoms with Crippen LogP contribution in [0.2, 0.25) is 0 Å². The normalized spacial score (nSPS) is 12.1. The van der Waals surface area contributed by atoms with Crippen LogP contribution in [0.5, 0.6) is 11.5 Å². The van der Waals surface area contributed by atoms with Gasteiger partial charge < -0.3 is 19.2 Å². The number of benzene rings is 1. The molecule has 114 valence electrons. The Hall–Kier alpha value is -1.94. The van der Waals surface area contributed by atoms with Gasteiger partial charge in [-0.1, -0.05) is 13.0 Å². The summed E-state index contributed by atoms with van der Waals surface area (Å²) >= 11 is 0. The van der Waals surface area contributed by atoms with Crippen molar-refractivity contribution in [1.29, 1.82) is 0 Å². The van der Waals surface area contributed by atoms with Crippen LogP contribution in [-0.2, 0) is 6.42 Å². The highest BCUT2D eigenvalue weighted by Crippen LogP contribution is 2.30. The van der Waals surface area contributed by atoms with Crippen LogP contribution in [0.1, 0.15) is 30.7 Å². The van der Waals surface area contributed by atoms with Gasteiger partial charge in [-0.05, 0) is 36.2 Å². The molecule has 1 heterocycles. The van der Waals surface area contributed by atoms with E-state index in [1.807, 2.05) is 24.3 Å². The molecule has 0 aliphatic carbocycles. The molecule has 1 N–H and O–H groups in total. The quantitative estimate of drug-likeness (QED) is 0.806. The fourth-order valence-corrected chi connectivity index (χ4v) is 2.39. The van der Waals surface area contributed by atoms with E-state index in [1.54, 1.807) is 20.5 Å². The van der Waals surface area contributed by atoms with Crippen molar-refractivity contribution in [2.45, 2.75) is 25.8 Å². The number of nitrogens with one attached hydrogen (secondary N) is 1. The van der Waals surface area contributed by atoms with E-state index < -0.39 is 0 Å². The molecule has 21 heavy (non-hydrogen) atoms. The van der Waals surface area contributed by atoms with Gasteiger partial charge in [-0.2, -0.15) is 0 Å². The fraction of sp³-hybridized carbons (Fsp3) is 0.412. The Morgan fingerprint density at radius 2 is 1.95 bits per heavy atom. The van der Waals surface area contributed by atoms with Gasteiger partial charge in [0.2, 0.25) is 0 Å². The number of furan rings is 1. The van der Waals surface area contributed by atoms with Gasteiger partial charge in [0.25, 0.3) is 0 Å². The van der Waals surface area contributed by atoms with E-state index in [-0.39, 0.29) is 0 Å². The van der Waals surface area contributed by atoms with Crippen molar-refractivity contribution in [1.82, 2.24) is 5.32 Å². The van der Waals surface area contributed by atoms with Crippen molar-refractivity contribution in [3.8, 4) is 11.5 Å². The van der Waals surface area contributed by atoms with E-state index in [0.717, 1.165) is 36.6 Å². The molecule has 0 aliphatic heterocycles. The molecule has 4 heteroatoms. The van der Waals surface area contributed by atoms with Gasteiger partial charge in [0, 0.05) is 19.0 Å². The van der Waals surface area contributed by atoms with Crippen LogP contribution in [0, 0.1) is 0 Å². The smallest absolute Gasteiger partial charge is 0.161 e. The van der Waals surface area contributed by atoms with Crippen LogP contribution in [0.15, 0.2) is 41.0 Å². The minimum atomic E-state index is 0.291. The summed E-state index contributed by atoms with van der Waals surface area (Å²) in [6.45, 7) is 3.04. The lowest BCUT2D eigenvalue weighted by Crippen LogP contribution is -2.23. The molecule has 4 nitrogen and oxygen atoms in total. The van der Waals surface area contributed by atoms with Crippen LogP contribution in [-0.4, -0.2) is 20.8 Å². The van der Waals surface area contributed by atoms with Crippen molar-refractivity contribution in [3.05, 3.63) is 47.9 Å². The molecule has 2 aromatic rings. The fourth-order valence-electron chi connectivity index (χ4n) is 2.39. The molecule has 1 aromatic carbocycles. The molecule has 0 saturated carbocycles. The molecule has 0 aliphatic rings. The predicted octanol–water partition coefficient (Wildman–Crippen LogP) is 3.58. The Kier molecular flexibility index (Phi) is 5.69. The van der Waals surface area contributed by atoms with Crippen LogP contribution in [0.4, 0.5) is 0 Å². The third-order valence-corrected chi connectivity index (χ3v) is 3.56. The summed E-state index contributed by atoms with van der Waals surface area (Å²) in [5.74, 6) is 2.53. The lowest BCUT2D eigenvalue weighted by molar-refractivity contribution is 0.353. The maximum absolute atomic E-state index is 5.37. The predicted molar refractivity (Wildman–Crippen MR) is 83.0 cm³/mol. The Balaban J connectivity index is 1.99. The van der Waals surface area contributed by atoms with Crippen molar-refractivity contribution in [3.63, 3.8) is 0 Å². The number of hydrogen-bond acceptors (Lipinski definition) is 4. The minimum Gasteiger partial charge on any atom is -0.493 e. The average molecular weight is 289 g/mol. The molecule has 0 fully saturated rings. The second-order valence-electron chi connectivity index (χ2n) is 4.86. The van der Waals surface area contributed by atoms with Crippen LogP contribution < -0.4 is 14.8 Å². The number of ether oxygens (including phenoxy) is 2. The first-order chi connectivity index (χ1) is 10.3. The average Bonchev–Trinajstić information content (AvgIpc) is 3.04. The van der Waals surface area contributed by atoms with Gasteiger partial charge in [0.05, 0.1) is 20.5 Å². The van der Waals surface area contributed by atoms with Crippen molar-refractivity contribution in [2.24, 2.45) is 0 Å². The SMILES string of the molecule is CCC(NCCc1ccco1)c1ccc(OC)c(OC)c1. The lowest BCUT2D eigenvalue weighted by atomic mass is 10.0. The second-order valence-corrected chi connectivity index (χ2v) is 4.86. The third kappa shape index (κ3) is 4.02. The molecule has 0 radical (unpaired) electrons. The molecule has 0 bridgehead atoms. The molecule has 1 aromatic heterocycles. The number of hydrogen-bond donors (Lipinski definition) is 1. The van der Waals surface area contributed by atoms with Crippen LogP contribution >= 0.6 is 0 Å². The van der Waals surface area contributed by atoms with Crippen molar-refractivity contribution >= 4 is 0 Å². The zero-order valence-electron chi connectivity index (χ0n) is 12.9. The molecule has 1 atom stereocenters. The largest absolute Gasteiger partial charge is 0.493 e. The monoisotopic (exact) mass is 289 g/mol. The molecule has 0 spiro atoms. The summed E-state index contributed by atoms with van der Waals surface area (Å²) < 4.78 is 16.0. The summed E-state index contributed by atoms with van der Waals surface area (Å²) in [5.41, 5.74) is 1.20. The maximum Gasteiger partial charge on any atom is 0.161 e. The summed E-state index contributed by atoms with van der Waals surface area (Å²) in [6.07, 6.45) is 3.60. The highest BCUT2D eigenvalue weighted by atomic mass is 16.5. The second kappa shape index (κ2) is 7.74. The summed E-state index contributed by atoms with van der Waals surface area (Å²) in [6, 6.07) is 10.3. The van der Waals surface area contributed by atoms with Crippen LogP contribution in [0.25, 0.3) is 0 Å². The van der Waals surface area contributed by atoms with Crippen LogP contribution in [0.3, 0.4) is 0 Å². The van der Waals surface area contributed by atoms with E-state index in [4.69, 9.17) is 13.9 Å². The van der Waals surface area contributed by atoms with Crippen molar-refractivity contribution in [2.75, 3.05) is 20.8 Å². The third-order valence-electron chi connectivity index (χ3n) is 3.56. The zero-order chi connectivity index (χ0) is 15.1. The zero-order valence-corrected chi connectivity index (χ0v) is 12.9. The molecular formula is C17H23NO3. The molecule has 0 saturated heterocycles. The summed E-state index contributed by atoms with van der Waals surface area (Å²) in [4.78, 5) is 0. The lowest BCUT2D eigenvalue weighted by Gasteiger charge is -2.19. The van der Waals surface area contributed by atoms with E-state index in [1.165, 1.54) is 5.56 Å². The van der Waals surface area contributed by atoms with E-state index in [9.17, 15) is 0 Å². The highest BCUT2D eigenvalue weighted by molar-refractivity contribution is 5.43. The van der Waals surface area contributed by atoms with Gasteiger partial charge in [-0.3, -0.25) is 0 Å². The highest BCUT2D eigenvalue weighted by Gasteiger charge is 2.12. The Morgan fingerprint density at radius 1 is 1.14 bits per heavy atom. The van der Waals surface area contributed by atoms with Gasteiger partial charge in [0.1, 0.15) is 5.76 Å². The van der Waals surface area contributed by atoms with Gasteiger partial charge >= 0.3 is 0 Å². The first-order valence-corrected chi connectivity index (χ1v) is 7.26. The van der Waals surface area contributed by atoms with E-state index >= 15 is 0 Å². The topological polar surface area (TPSA) is 43.6 Å². The molecule has 0 amide bonds. The van der Waals surface area contributed by atoms with Crippen molar-refractivity contribution < 1.29 is 13.9 Å². The summed E-state index contributed by atoms with van der Waals surface area (Å²) in [5, 5.41) is 3.56. The minimum absolute atomic E-state index is 0.291. The van der Waals surface area contributed by atoms with Gasteiger partial charge in [-0.15, -0.1) is 0 Å². The van der Waals surface area contributed by atoms with E-state index in [0.29, 0.717) is 6.04 Å². The van der Waals surface area contributed by atoms with Gasteiger partial charge in [0.15, 0.2) is 11.5 Å².